The van der Waals surface area contributed by atoms with Crippen molar-refractivity contribution in [3.05, 3.63) is 23.3 Å². The van der Waals surface area contributed by atoms with Gasteiger partial charge in [0.1, 0.15) is 6.29 Å². The normalized spacial score (nSPS) is 8.33. The first-order chi connectivity index (χ1) is 4.09. The monoisotopic (exact) mass is 124 g/mol. The molecule has 1 nitrogen and oxygen atoms in total. The fraction of sp³-hybridized carbons (Fsp3) is 0.375. The minimum Gasteiger partial charge on any atom is -0.298 e. The van der Waals surface area contributed by atoms with E-state index in [1.807, 2.05) is 20.8 Å². The van der Waals surface area contributed by atoms with Crippen LogP contribution in [-0.2, 0) is 4.79 Å². The van der Waals surface area contributed by atoms with Crippen molar-refractivity contribution in [2.24, 2.45) is 0 Å². The molecule has 0 saturated heterocycles. The Bertz CT molecular complexity index is 159. The Balaban J connectivity index is 4.55. The molecule has 0 amide bonds. The number of allylic oxidation sites excluding steroid dienone is 3. The Morgan fingerprint density at radius 3 is 1.78 bits per heavy atom. The van der Waals surface area contributed by atoms with E-state index in [1.54, 1.807) is 0 Å². The molecule has 0 heterocycles. The number of carbonyl (C=O) groups is 1. The Kier molecular flexibility index (Phi) is 2.93. The van der Waals surface area contributed by atoms with Crippen LogP contribution >= 0.6 is 0 Å². The average Bonchev–Trinajstić information content (AvgIpc) is 1.64. The molecule has 1 heteroatoms. The van der Waals surface area contributed by atoms with Gasteiger partial charge in [-0.05, 0) is 26.3 Å². The molecular weight excluding hydrogens is 112 g/mol. The van der Waals surface area contributed by atoms with Gasteiger partial charge in [0, 0.05) is 5.57 Å². The largest absolute Gasteiger partial charge is 0.298 e. The van der Waals surface area contributed by atoms with Crippen molar-refractivity contribution in [3.63, 3.8) is 0 Å². The van der Waals surface area contributed by atoms with Gasteiger partial charge in [0.05, 0.1) is 0 Å². The summed E-state index contributed by atoms with van der Waals surface area (Å²) in [6, 6.07) is 0. The van der Waals surface area contributed by atoms with Crippen LogP contribution in [-0.4, -0.2) is 6.29 Å². The molecule has 0 saturated carbocycles. The molecule has 0 aliphatic carbocycles. The average molecular weight is 124 g/mol. The summed E-state index contributed by atoms with van der Waals surface area (Å²) in [7, 11) is 0. The molecule has 0 bridgehead atoms. The molecule has 0 fully saturated rings. The second-order valence-corrected chi connectivity index (χ2v) is 2.31. The zero-order valence-corrected chi connectivity index (χ0v) is 6.19. The number of carbonyl (C=O) groups excluding carboxylic acids is 1. The van der Waals surface area contributed by atoms with Crippen molar-refractivity contribution in [3.8, 4) is 0 Å². The zero-order valence-electron chi connectivity index (χ0n) is 6.19. The lowest BCUT2D eigenvalue weighted by molar-refractivity contribution is -0.104. The highest BCUT2D eigenvalue weighted by Gasteiger charge is 1.95. The molecule has 0 unspecified atom stereocenters. The lowest BCUT2D eigenvalue weighted by Crippen LogP contribution is -1.87. The maximum atomic E-state index is 10.3. The summed E-state index contributed by atoms with van der Waals surface area (Å²) in [4.78, 5) is 10.3. The fourth-order valence-electron chi connectivity index (χ4n) is 0.645. The summed E-state index contributed by atoms with van der Waals surface area (Å²) in [5.41, 5.74) is 2.59. The van der Waals surface area contributed by atoms with E-state index in [2.05, 4.69) is 6.58 Å². The van der Waals surface area contributed by atoms with E-state index in [1.165, 1.54) is 0 Å². The summed E-state index contributed by atoms with van der Waals surface area (Å²) in [5.74, 6) is 0. The van der Waals surface area contributed by atoms with Crippen molar-refractivity contribution in [1.82, 2.24) is 0 Å². The molecule has 0 atom stereocenters. The highest BCUT2D eigenvalue weighted by atomic mass is 16.1. The molecule has 9 heavy (non-hydrogen) atoms. The van der Waals surface area contributed by atoms with E-state index in [-0.39, 0.29) is 0 Å². The van der Waals surface area contributed by atoms with Gasteiger partial charge in [0.25, 0.3) is 0 Å². The second kappa shape index (κ2) is 3.23. The van der Waals surface area contributed by atoms with Gasteiger partial charge in [0.2, 0.25) is 0 Å². The first-order valence-electron chi connectivity index (χ1n) is 2.88. The van der Waals surface area contributed by atoms with Gasteiger partial charge >= 0.3 is 0 Å². The highest BCUT2D eigenvalue weighted by molar-refractivity contribution is 5.80. The SMILES string of the molecule is C=C(C)C(C=O)=C(C)C. The van der Waals surface area contributed by atoms with Gasteiger partial charge in [-0.2, -0.15) is 0 Å². The summed E-state index contributed by atoms with van der Waals surface area (Å²) in [6.07, 6.45) is 0.845. The topological polar surface area (TPSA) is 17.1 Å². The van der Waals surface area contributed by atoms with Gasteiger partial charge in [-0.3, -0.25) is 4.79 Å². The van der Waals surface area contributed by atoms with Crippen LogP contribution in [0, 0.1) is 0 Å². The van der Waals surface area contributed by atoms with Crippen molar-refractivity contribution < 1.29 is 4.79 Å². The fourth-order valence-corrected chi connectivity index (χ4v) is 0.645. The standard InChI is InChI=1S/C8H12O/c1-6(2)8(5-9)7(3)4/h5H,1H2,2-4H3. The van der Waals surface area contributed by atoms with Gasteiger partial charge in [-0.1, -0.05) is 12.2 Å². The molecule has 0 aromatic rings. The van der Waals surface area contributed by atoms with Gasteiger partial charge in [-0.25, -0.2) is 0 Å². The van der Waals surface area contributed by atoms with E-state index in [4.69, 9.17) is 0 Å². The Morgan fingerprint density at radius 1 is 1.33 bits per heavy atom. The van der Waals surface area contributed by atoms with Crippen LogP contribution < -0.4 is 0 Å². The van der Waals surface area contributed by atoms with Crippen LogP contribution in [0.25, 0.3) is 0 Å². The predicted octanol–water partition coefficient (Wildman–Crippen LogP) is 2.10. The van der Waals surface area contributed by atoms with E-state index in [9.17, 15) is 4.79 Å². The third kappa shape index (κ3) is 2.27. The van der Waals surface area contributed by atoms with Gasteiger partial charge in [0.15, 0.2) is 0 Å². The maximum absolute atomic E-state index is 10.3. The Morgan fingerprint density at radius 2 is 1.78 bits per heavy atom. The molecule has 0 aliphatic rings. The lowest BCUT2D eigenvalue weighted by Gasteiger charge is -1.97. The predicted molar refractivity (Wildman–Crippen MR) is 39.3 cm³/mol. The first-order valence-corrected chi connectivity index (χ1v) is 2.88. The van der Waals surface area contributed by atoms with Crippen LogP contribution in [0.15, 0.2) is 23.3 Å². The summed E-state index contributed by atoms with van der Waals surface area (Å²) in [5, 5.41) is 0. The number of hydrogen-bond acceptors (Lipinski definition) is 1. The Hall–Kier alpha value is -0.850. The van der Waals surface area contributed by atoms with Crippen molar-refractivity contribution in [2.45, 2.75) is 20.8 Å². The first kappa shape index (κ1) is 8.15. The Labute approximate surface area is 56.1 Å². The third-order valence-corrected chi connectivity index (χ3v) is 1.12. The highest BCUT2D eigenvalue weighted by Crippen LogP contribution is 2.08. The van der Waals surface area contributed by atoms with E-state index >= 15 is 0 Å². The lowest BCUT2D eigenvalue weighted by atomic mass is 10.1. The molecular formula is C8H12O. The van der Waals surface area contributed by atoms with E-state index < -0.39 is 0 Å². The second-order valence-electron chi connectivity index (χ2n) is 2.31. The quantitative estimate of drug-likeness (QED) is 0.313. The van der Waals surface area contributed by atoms with Crippen molar-refractivity contribution >= 4 is 6.29 Å². The molecule has 0 aromatic heterocycles. The molecule has 0 radical (unpaired) electrons. The summed E-state index contributed by atoms with van der Waals surface area (Å²) in [6.45, 7) is 9.29. The molecule has 0 N–H and O–H groups in total. The molecule has 0 spiro atoms. The van der Waals surface area contributed by atoms with Crippen LogP contribution in [0.5, 0.6) is 0 Å². The van der Waals surface area contributed by atoms with E-state index in [0.717, 1.165) is 23.0 Å². The number of aldehydes is 1. The molecule has 0 aliphatic heterocycles. The van der Waals surface area contributed by atoms with Crippen molar-refractivity contribution in [1.29, 1.82) is 0 Å². The number of hydrogen-bond donors (Lipinski definition) is 0. The summed E-state index contributed by atoms with van der Waals surface area (Å²) < 4.78 is 0. The zero-order chi connectivity index (χ0) is 7.44. The van der Waals surface area contributed by atoms with Gasteiger partial charge < -0.3 is 0 Å². The smallest absolute Gasteiger partial charge is 0.150 e. The number of rotatable bonds is 2. The van der Waals surface area contributed by atoms with Gasteiger partial charge in [-0.15, -0.1) is 0 Å². The summed E-state index contributed by atoms with van der Waals surface area (Å²) >= 11 is 0. The van der Waals surface area contributed by atoms with Crippen LogP contribution in [0.3, 0.4) is 0 Å². The minimum atomic E-state index is 0.731. The molecule has 0 rings (SSSR count). The van der Waals surface area contributed by atoms with Crippen LogP contribution in [0.1, 0.15) is 20.8 Å². The van der Waals surface area contributed by atoms with Crippen LogP contribution in [0.2, 0.25) is 0 Å². The molecule has 0 aromatic carbocycles. The molecule has 50 valence electrons. The maximum Gasteiger partial charge on any atom is 0.150 e. The van der Waals surface area contributed by atoms with Crippen LogP contribution in [0.4, 0.5) is 0 Å². The van der Waals surface area contributed by atoms with E-state index in [0.29, 0.717) is 0 Å². The third-order valence-electron chi connectivity index (χ3n) is 1.12. The van der Waals surface area contributed by atoms with Crippen molar-refractivity contribution in [2.75, 3.05) is 0 Å². The minimum absolute atomic E-state index is 0.731.